The number of piperidine rings is 1. The van der Waals surface area contributed by atoms with Gasteiger partial charge in [-0.1, -0.05) is 41.6 Å². The number of nitrogens with zero attached hydrogens (tertiary/aromatic N) is 3. The summed E-state index contributed by atoms with van der Waals surface area (Å²) in [5, 5.41) is 5.82. The van der Waals surface area contributed by atoms with E-state index in [1.807, 2.05) is 30.3 Å². The van der Waals surface area contributed by atoms with Crippen molar-refractivity contribution in [3.8, 4) is 11.4 Å². The van der Waals surface area contributed by atoms with Crippen LogP contribution in [0.15, 0.2) is 56.6 Å². The Hall–Kier alpha value is -2.03. The van der Waals surface area contributed by atoms with Crippen LogP contribution < -0.4 is 0 Å². The van der Waals surface area contributed by atoms with Crippen LogP contribution in [0.4, 0.5) is 0 Å². The lowest BCUT2D eigenvalue weighted by molar-refractivity contribution is 0.266. The van der Waals surface area contributed by atoms with Gasteiger partial charge in [-0.3, -0.25) is 0 Å². The molecule has 0 aliphatic carbocycles. The molecule has 0 spiro atoms. The number of sulfonamides is 1. The lowest BCUT2D eigenvalue weighted by Gasteiger charge is -2.29. The van der Waals surface area contributed by atoms with Crippen molar-refractivity contribution in [2.75, 3.05) is 13.1 Å². The number of thiophene rings is 1. The molecule has 1 atom stereocenters. The molecule has 0 radical (unpaired) electrons. The highest BCUT2D eigenvalue weighted by atomic mass is 32.2. The summed E-state index contributed by atoms with van der Waals surface area (Å²) in [7, 11) is -3.44. The molecule has 1 fully saturated rings. The summed E-state index contributed by atoms with van der Waals surface area (Å²) < 4.78 is 32.8. The van der Waals surface area contributed by atoms with Crippen LogP contribution in [0.1, 0.15) is 24.7 Å². The van der Waals surface area contributed by atoms with Gasteiger partial charge >= 0.3 is 0 Å². The van der Waals surface area contributed by atoms with Crippen molar-refractivity contribution >= 4 is 21.4 Å². The predicted molar refractivity (Wildman–Crippen MR) is 94.8 cm³/mol. The summed E-state index contributed by atoms with van der Waals surface area (Å²) in [4.78, 5) is 4.49. The van der Waals surface area contributed by atoms with E-state index in [0.717, 1.165) is 18.4 Å². The smallest absolute Gasteiger partial charge is 0.252 e. The molecule has 0 bridgehead atoms. The van der Waals surface area contributed by atoms with Crippen molar-refractivity contribution in [3.05, 3.63) is 53.7 Å². The Balaban J connectivity index is 1.55. The standard InChI is InChI=1S/C17H17N3O3S2/c21-25(22,15-9-5-11-24-15)20-10-4-8-14(12-20)17-18-16(19-23-17)13-6-2-1-3-7-13/h1-3,5-7,9,11,14H,4,8,10,12H2/t14-/m1/s1. The van der Waals surface area contributed by atoms with Gasteiger partial charge in [-0.15, -0.1) is 11.3 Å². The number of hydrogen-bond donors (Lipinski definition) is 0. The molecule has 1 saturated heterocycles. The van der Waals surface area contributed by atoms with Crippen LogP contribution in [0.25, 0.3) is 11.4 Å². The van der Waals surface area contributed by atoms with Crippen LogP contribution in [0.5, 0.6) is 0 Å². The zero-order valence-corrected chi connectivity index (χ0v) is 15.0. The maximum atomic E-state index is 12.7. The third-order valence-corrected chi connectivity index (χ3v) is 7.53. The second-order valence-corrected chi connectivity index (χ2v) is 9.07. The van der Waals surface area contributed by atoms with Crippen LogP contribution in [-0.4, -0.2) is 36.0 Å². The van der Waals surface area contributed by atoms with E-state index < -0.39 is 10.0 Å². The first-order valence-electron chi connectivity index (χ1n) is 8.07. The van der Waals surface area contributed by atoms with Crippen molar-refractivity contribution in [1.82, 2.24) is 14.4 Å². The fourth-order valence-corrected chi connectivity index (χ4v) is 5.67. The van der Waals surface area contributed by atoms with Gasteiger partial charge in [0, 0.05) is 18.7 Å². The van der Waals surface area contributed by atoms with Gasteiger partial charge in [-0.2, -0.15) is 9.29 Å². The highest BCUT2D eigenvalue weighted by Gasteiger charge is 2.33. The largest absolute Gasteiger partial charge is 0.339 e. The summed E-state index contributed by atoms with van der Waals surface area (Å²) in [5.41, 5.74) is 0.886. The first-order valence-corrected chi connectivity index (χ1v) is 10.4. The van der Waals surface area contributed by atoms with Gasteiger partial charge in [0.25, 0.3) is 10.0 Å². The molecule has 6 nitrogen and oxygen atoms in total. The van der Waals surface area contributed by atoms with Crippen LogP contribution in [0.2, 0.25) is 0 Å². The second-order valence-electron chi connectivity index (χ2n) is 5.96. The molecule has 0 unspecified atom stereocenters. The molecule has 0 amide bonds. The normalized spacial score (nSPS) is 19.1. The van der Waals surface area contributed by atoms with Crippen LogP contribution >= 0.6 is 11.3 Å². The molecule has 0 N–H and O–H groups in total. The quantitative estimate of drug-likeness (QED) is 0.699. The van der Waals surface area contributed by atoms with E-state index in [-0.39, 0.29) is 5.92 Å². The summed E-state index contributed by atoms with van der Waals surface area (Å²) in [6.07, 6.45) is 1.62. The van der Waals surface area contributed by atoms with Crippen molar-refractivity contribution in [3.63, 3.8) is 0 Å². The molecule has 3 aromatic rings. The van der Waals surface area contributed by atoms with Crippen LogP contribution in [0, 0.1) is 0 Å². The number of benzene rings is 1. The SMILES string of the molecule is O=S(=O)(c1cccs1)N1CCC[C@@H](c2nc(-c3ccccc3)no2)C1. The van der Waals surface area contributed by atoms with E-state index in [4.69, 9.17) is 4.52 Å². The summed E-state index contributed by atoms with van der Waals surface area (Å²) in [6.45, 7) is 0.896. The van der Waals surface area contributed by atoms with Crippen molar-refractivity contribution in [2.45, 2.75) is 23.0 Å². The maximum absolute atomic E-state index is 12.7. The average molecular weight is 375 g/mol. The number of rotatable bonds is 4. The molecule has 1 aliphatic heterocycles. The van der Waals surface area contributed by atoms with Gasteiger partial charge in [0.1, 0.15) is 4.21 Å². The van der Waals surface area contributed by atoms with E-state index in [0.29, 0.717) is 29.0 Å². The molecule has 130 valence electrons. The first kappa shape index (κ1) is 16.4. The van der Waals surface area contributed by atoms with Gasteiger partial charge in [-0.05, 0) is 24.3 Å². The number of aromatic nitrogens is 2. The average Bonchev–Trinajstić information content (AvgIpc) is 3.35. The Bertz CT molecular complexity index is 937. The molecular formula is C17H17N3O3S2. The summed E-state index contributed by atoms with van der Waals surface area (Å²) in [5.74, 6) is 0.965. The molecule has 8 heteroatoms. The topological polar surface area (TPSA) is 76.3 Å². The minimum absolute atomic E-state index is 0.0755. The van der Waals surface area contributed by atoms with Crippen molar-refractivity contribution in [2.24, 2.45) is 0 Å². The third kappa shape index (κ3) is 3.24. The Kier molecular flexibility index (Phi) is 4.41. The molecule has 0 saturated carbocycles. The molecule has 25 heavy (non-hydrogen) atoms. The zero-order valence-electron chi connectivity index (χ0n) is 13.4. The summed E-state index contributed by atoms with van der Waals surface area (Å²) in [6, 6.07) is 13.0. The monoisotopic (exact) mass is 375 g/mol. The van der Waals surface area contributed by atoms with Crippen LogP contribution in [-0.2, 0) is 10.0 Å². The fraction of sp³-hybridized carbons (Fsp3) is 0.294. The predicted octanol–water partition coefficient (Wildman–Crippen LogP) is 3.37. The van der Waals surface area contributed by atoms with Crippen molar-refractivity contribution in [1.29, 1.82) is 0 Å². The minimum Gasteiger partial charge on any atom is -0.339 e. The Morgan fingerprint density at radius 3 is 2.76 bits per heavy atom. The van der Waals surface area contributed by atoms with Gasteiger partial charge in [0.2, 0.25) is 11.7 Å². The Labute approximate surface area is 150 Å². The molecule has 1 aliphatic rings. The maximum Gasteiger partial charge on any atom is 0.252 e. The second kappa shape index (κ2) is 6.70. The van der Waals surface area contributed by atoms with Gasteiger partial charge in [0.05, 0.1) is 5.92 Å². The molecule has 4 rings (SSSR count). The highest BCUT2D eigenvalue weighted by molar-refractivity contribution is 7.91. The molecular weight excluding hydrogens is 358 g/mol. The van der Waals surface area contributed by atoms with E-state index >= 15 is 0 Å². The Morgan fingerprint density at radius 1 is 1.16 bits per heavy atom. The highest BCUT2D eigenvalue weighted by Crippen LogP contribution is 2.31. The van der Waals surface area contributed by atoms with Crippen LogP contribution in [0.3, 0.4) is 0 Å². The minimum atomic E-state index is -3.44. The summed E-state index contributed by atoms with van der Waals surface area (Å²) >= 11 is 1.24. The van der Waals surface area contributed by atoms with E-state index in [1.54, 1.807) is 17.5 Å². The molecule has 2 aromatic heterocycles. The number of hydrogen-bond acceptors (Lipinski definition) is 6. The molecule has 3 heterocycles. The Morgan fingerprint density at radius 2 is 2.00 bits per heavy atom. The molecule has 1 aromatic carbocycles. The van der Waals surface area contributed by atoms with E-state index in [2.05, 4.69) is 10.1 Å². The lowest BCUT2D eigenvalue weighted by atomic mass is 10.00. The van der Waals surface area contributed by atoms with E-state index in [9.17, 15) is 8.42 Å². The van der Waals surface area contributed by atoms with Gasteiger partial charge in [0.15, 0.2) is 0 Å². The fourth-order valence-electron chi connectivity index (χ4n) is 3.01. The first-order chi connectivity index (χ1) is 12.1. The third-order valence-electron chi connectivity index (χ3n) is 4.30. The van der Waals surface area contributed by atoms with Crippen molar-refractivity contribution < 1.29 is 12.9 Å². The lowest BCUT2D eigenvalue weighted by Crippen LogP contribution is -2.38. The van der Waals surface area contributed by atoms with Gasteiger partial charge < -0.3 is 4.52 Å². The van der Waals surface area contributed by atoms with Gasteiger partial charge in [-0.25, -0.2) is 8.42 Å². The van der Waals surface area contributed by atoms with E-state index in [1.165, 1.54) is 15.6 Å². The zero-order chi connectivity index (χ0) is 17.3.